The maximum Gasteiger partial charge on any atom is 0.0506 e. The van der Waals surface area contributed by atoms with Crippen molar-refractivity contribution in [2.45, 2.75) is 20.3 Å². The first-order chi connectivity index (χ1) is 6.22. The first-order valence-corrected chi connectivity index (χ1v) is 4.75. The third-order valence-corrected chi connectivity index (χ3v) is 1.92. The van der Waals surface area contributed by atoms with E-state index in [9.17, 15) is 0 Å². The Bertz CT molecular complexity index is 253. The summed E-state index contributed by atoms with van der Waals surface area (Å²) in [5.74, 6) is 0.685. The molecule has 0 unspecified atom stereocenters. The smallest absolute Gasteiger partial charge is 0.0506 e. The molecule has 0 aromatic heterocycles. The molecule has 0 atom stereocenters. The molecular formula is C12H17O. The summed E-state index contributed by atoms with van der Waals surface area (Å²) in [5.41, 5.74) is 2.46. The highest BCUT2D eigenvalue weighted by Gasteiger charge is 1.98. The van der Waals surface area contributed by atoms with Gasteiger partial charge in [-0.15, -0.1) is 0 Å². The second-order valence-corrected chi connectivity index (χ2v) is 3.73. The molecule has 0 heterocycles. The number of aliphatic hydroxyl groups excluding tert-OH is 1. The van der Waals surface area contributed by atoms with E-state index in [1.165, 1.54) is 5.56 Å². The molecule has 1 nitrogen and oxygen atoms in total. The van der Waals surface area contributed by atoms with Gasteiger partial charge in [-0.3, -0.25) is 0 Å². The summed E-state index contributed by atoms with van der Waals surface area (Å²) < 4.78 is 0. The molecule has 0 fully saturated rings. The molecular weight excluding hydrogens is 160 g/mol. The van der Waals surface area contributed by atoms with Crippen LogP contribution >= 0.6 is 0 Å². The first kappa shape index (κ1) is 10.3. The Morgan fingerprint density at radius 1 is 1.38 bits per heavy atom. The van der Waals surface area contributed by atoms with Crippen LogP contribution in [0.25, 0.3) is 0 Å². The Hall–Kier alpha value is -0.820. The summed E-state index contributed by atoms with van der Waals surface area (Å²) in [6, 6.07) is 8.32. The highest BCUT2D eigenvalue weighted by atomic mass is 16.2. The molecule has 0 aliphatic carbocycles. The molecule has 1 aromatic carbocycles. The summed E-state index contributed by atoms with van der Waals surface area (Å²) in [6.07, 6.45) is 2.93. The first-order valence-electron chi connectivity index (χ1n) is 4.75. The summed E-state index contributed by atoms with van der Waals surface area (Å²) >= 11 is 0. The molecule has 1 radical (unpaired) electrons. The van der Waals surface area contributed by atoms with Crippen molar-refractivity contribution in [2.24, 2.45) is 5.92 Å². The average Bonchev–Trinajstić information content (AvgIpc) is 2.04. The normalized spacial score (nSPS) is 10.8. The maximum atomic E-state index is 8.74. The second-order valence-electron chi connectivity index (χ2n) is 3.73. The second kappa shape index (κ2) is 5.03. The zero-order chi connectivity index (χ0) is 9.68. The van der Waals surface area contributed by atoms with Gasteiger partial charge in [0.2, 0.25) is 0 Å². The minimum atomic E-state index is 0.116. The Kier molecular flexibility index (Phi) is 3.97. The van der Waals surface area contributed by atoms with Crippen LogP contribution < -0.4 is 0 Å². The van der Waals surface area contributed by atoms with Gasteiger partial charge in [-0.25, -0.2) is 0 Å². The van der Waals surface area contributed by atoms with Gasteiger partial charge < -0.3 is 5.11 Å². The van der Waals surface area contributed by atoms with E-state index in [1.54, 1.807) is 0 Å². The summed E-state index contributed by atoms with van der Waals surface area (Å²) in [6.45, 7) is 4.54. The van der Waals surface area contributed by atoms with Crippen LogP contribution in [0.2, 0.25) is 0 Å². The third-order valence-electron chi connectivity index (χ3n) is 1.92. The number of hydrogen-bond acceptors (Lipinski definition) is 1. The molecule has 0 aliphatic rings. The van der Waals surface area contributed by atoms with Gasteiger partial charge in [0.15, 0.2) is 0 Å². The summed E-state index contributed by atoms with van der Waals surface area (Å²) in [5, 5.41) is 8.74. The topological polar surface area (TPSA) is 20.2 Å². The van der Waals surface area contributed by atoms with E-state index >= 15 is 0 Å². The highest BCUT2D eigenvalue weighted by molar-refractivity contribution is 5.28. The predicted octanol–water partition coefficient (Wildman–Crippen LogP) is 2.43. The number of aliphatic hydroxyl groups is 1. The van der Waals surface area contributed by atoms with Crippen LogP contribution in [-0.4, -0.2) is 11.7 Å². The predicted molar refractivity (Wildman–Crippen MR) is 55.5 cm³/mol. The van der Waals surface area contributed by atoms with Crippen molar-refractivity contribution in [3.05, 3.63) is 41.8 Å². The van der Waals surface area contributed by atoms with Gasteiger partial charge in [-0.1, -0.05) is 38.1 Å². The molecule has 1 heteroatoms. The van der Waals surface area contributed by atoms with Crippen molar-refractivity contribution >= 4 is 0 Å². The molecule has 0 aliphatic heterocycles. The van der Waals surface area contributed by atoms with Gasteiger partial charge in [0.1, 0.15) is 0 Å². The van der Waals surface area contributed by atoms with Gasteiger partial charge in [-0.2, -0.15) is 0 Å². The quantitative estimate of drug-likeness (QED) is 0.749. The molecule has 0 amide bonds. The minimum Gasteiger partial charge on any atom is -0.396 e. The maximum absolute atomic E-state index is 8.74. The van der Waals surface area contributed by atoms with Gasteiger partial charge >= 0.3 is 0 Å². The molecule has 0 spiro atoms. The lowest BCUT2D eigenvalue weighted by Gasteiger charge is -2.06. The Labute approximate surface area is 80.4 Å². The lowest BCUT2D eigenvalue weighted by molar-refractivity contribution is 0.331. The van der Waals surface area contributed by atoms with Crippen molar-refractivity contribution < 1.29 is 5.11 Å². The molecule has 1 aromatic rings. The Balaban J connectivity index is 2.67. The lowest BCUT2D eigenvalue weighted by atomic mass is 10.0. The van der Waals surface area contributed by atoms with Gasteiger partial charge in [-0.05, 0) is 23.5 Å². The third kappa shape index (κ3) is 3.60. The molecule has 1 rings (SSSR count). The van der Waals surface area contributed by atoms with Crippen molar-refractivity contribution in [3.8, 4) is 0 Å². The van der Waals surface area contributed by atoms with E-state index in [4.69, 9.17) is 5.11 Å². The minimum absolute atomic E-state index is 0.116. The van der Waals surface area contributed by atoms with Crippen molar-refractivity contribution in [1.82, 2.24) is 0 Å². The van der Waals surface area contributed by atoms with Crippen LogP contribution in [0.1, 0.15) is 25.0 Å². The zero-order valence-corrected chi connectivity index (χ0v) is 8.33. The van der Waals surface area contributed by atoms with Crippen molar-refractivity contribution in [3.63, 3.8) is 0 Å². The SMILES string of the molecule is CC(C)Cc1cccc([CH]CO)c1. The summed E-state index contributed by atoms with van der Waals surface area (Å²) in [7, 11) is 0. The average molecular weight is 177 g/mol. The highest BCUT2D eigenvalue weighted by Crippen LogP contribution is 2.11. The standard InChI is InChI=1S/C12H17O/c1-10(2)8-12-5-3-4-11(9-12)6-7-13/h3-6,9-10,13H,7-8H2,1-2H3. The molecule has 13 heavy (non-hydrogen) atoms. The lowest BCUT2D eigenvalue weighted by Crippen LogP contribution is -1.95. The van der Waals surface area contributed by atoms with E-state index in [0.29, 0.717) is 5.92 Å². The number of benzene rings is 1. The van der Waals surface area contributed by atoms with Crippen molar-refractivity contribution in [1.29, 1.82) is 0 Å². The fraction of sp³-hybridized carbons (Fsp3) is 0.417. The zero-order valence-electron chi connectivity index (χ0n) is 8.33. The van der Waals surface area contributed by atoms with E-state index in [0.717, 1.165) is 12.0 Å². The van der Waals surface area contributed by atoms with E-state index in [-0.39, 0.29) is 6.61 Å². The number of rotatable bonds is 4. The van der Waals surface area contributed by atoms with Crippen LogP contribution in [0.4, 0.5) is 0 Å². The van der Waals surface area contributed by atoms with Gasteiger partial charge in [0, 0.05) is 6.42 Å². The van der Waals surface area contributed by atoms with Crippen molar-refractivity contribution in [2.75, 3.05) is 6.61 Å². The largest absolute Gasteiger partial charge is 0.396 e. The molecule has 0 bridgehead atoms. The monoisotopic (exact) mass is 177 g/mol. The Morgan fingerprint density at radius 3 is 2.77 bits per heavy atom. The van der Waals surface area contributed by atoms with Crippen LogP contribution in [0.15, 0.2) is 24.3 Å². The molecule has 71 valence electrons. The van der Waals surface area contributed by atoms with Crippen LogP contribution in [-0.2, 0) is 6.42 Å². The summed E-state index contributed by atoms with van der Waals surface area (Å²) in [4.78, 5) is 0. The van der Waals surface area contributed by atoms with E-state index in [2.05, 4.69) is 26.0 Å². The van der Waals surface area contributed by atoms with Gasteiger partial charge in [0.05, 0.1) is 6.61 Å². The molecule has 0 saturated heterocycles. The Morgan fingerprint density at radius 2 is 2.15 bits per heavy atom. The van der Waals surface area contributed by atoms with Crippen LogP contribution in [0.5, 0.6) is 0 Å². The van der Waals surface area contributed by atoms with E-state index < -0.39 is 0 Å². The fourth-order valence-corrected chi connectivity index (χ4v) is 1.42. The van der Waals surface area contributed by atoms with Crippen LogP contribution in [0.3, 0.4) is 0 Å². The molecule has 1 N–H and O–H groups in total. The molecule has 0 saturated carbocycles. The fourth-order valence-electron chi connectivity index (χ4n) is 1.42. The van der Waals surface area contributed by atoms with Gasteiger partial charge in [0.25, 0.3) is 0 Å². The van der Waals surface area contributed by atoms with Crippen LogP contribution in [0, 0.1) is 12.3 Å². The number of hydrogen-bond donors (Lipinski definition) is 1. The van der Waals surface area contributed by atoms with E-state index in [1.807, 2.05) is 18.6 Å².